The number of thiophene rings is 1. The average Bonchev–Trinajstić information content (AvgIpc) is 2.60. The van der Waals surface area contributed by atoms with Crippen molar-refractivity contribution in [3.63, 3.8) is 0 Å². The van der Waals surface area contributed by atoms with Crippen molar-refractivity contribution >= 4 is 11.3 Å². The summed E-state index contributed by atoms with van der Waals surface area (Å²) < 4.78 is 4.94. The monoisotopic (exact) mass is 195 g/mol. The highest BCUT2D eigenvalue weighted by Crippen LogP contribution is 2.28. The minimum absolute atomic E-state index is 0.150. The molecule has 3 nitrogen and oxygen atoms in total. The SMILES string of the molecule is Cc1ccsc1-c1c(C)o[nH]c1=O. The third kappa shape index (κ3) is 1.23. The number of aryl methyl sites for hydroxylation is 2. The van der Waals surface area contributed by atoms with Gasteiger partial charge < -0.3 is 4.52 Å². The summed E-state index contributed by atoms with van der Waals surface area (Å²) in [6.07, 6.45) is 0. The lowest BCUT2D eigenvalue weighted by molar-refractivity contribution is 0.392. The van der Waals surface area contributed by atoms with Crippen LogP contribution in [0.5, 0.6) is 0 Å². The summed E-state index contributed by atoms with van der Waals surface area (Å²) in [6.45, 7) is 3.77. The van der Waals surface area contributed by atoms with Crippen molar-refractivity contribution in [2.75, 3.05) is 0 Å². The zero-order valence-corrected chi connectivity index (χ0v) is 8.20. The van der Waals surface area contributed by atoms with E-state index in [-0.39, 0.29) is 5.56 Å². The van der Waals surface area contributed by atoms with Crippen molar-refractivity contribution in [3.05, 3.63) is 33.1 Å². The minimum Gasteiger partial charge on any atom is -0.383 e. The molecule has 0 unspecified atom stereocenters. The molecule has 0 amide bonds. The van der Waals surface area contributed by atoms with Crippen LogP contribution in [-0.2, 0) is 0 Å². The van der Waals surface area contributed by atoms with Crippen LogP contribution in [0.3, 0.4) is 0 Å². The molecule has 0 aromatic carbocycles. The number of nitrogens with one attached hydrogen (secondary N) is 1. The normalized spacial score (nSPS) is 10.6. The van der Waals surface area contributed by atoms with Gasteiger partial charge in [-0.1, -0.05) is 0 Å². The summed E-state index contributed by atoms with van der Waals surface area (Å²) in [7, 11) is 0. The van der Waals surface area contributed by atoms with Crippen LogP contribution in [0.15, 0.2) is 20.8 Å². The van der Waals surface area contributed by atoms with Crippen molar-refractivity contribution in [2.24, 2.45) is 0 Å². The van der Waals surface area contributed by atoms with E-state index in [0.717, 1.165) is 10.4 Å². The molecule has 0 spiro atoms. The highest BCUT2D eigenvalue weighted by molar-refractivity contribution is 7.13. The summed E-state index contributed by atoms with van der Waals surface area (Å²) in [5.41, 5.74) is 1.62. The van der Waals surface area contributed by atoms with Crippen LogP contribution in [0.2, 0.25) is 0 Å². The maximum atomic E-state index is 11.3. The maximum Gasteiger partial charge on any atom is 0.288 e. The Kier molecular flexibility index (Phi) is 1.84. The third-order valence-corrected chi connectivity index (χ3v) is 3.00. The van der Waals surface area contributed by atoms with Crippen LogP contribution >= 0.6 is 11.3 Å². The van der Waals surface area contributed by atoms with Crippen LogP contribution in [-0.4, -0.2) is 5.16 Å². The highest BCUT2D eigenvalue weighted by atomic mass is 32.1. The van der Waals surface area contributed by atoms with Gasteiger partial charge in [0.1, 0.15) is 11.3 Å². The van der Waals surface area contributed by atoms with Crippen molar-refractivity contribution in [1.82, 2.24) is 5.16 Å². The summed E-state index contributed by atoms with van der Waals surface area (Å²) in [4.78, 5) is 12.3. The second-order valence-electron chi connectivity index (χ2n) is 2.90. The first kappa shape index (κ1) is 8.31. The van der Waals surface area contributed by atoms with Gasteiger partial charge in [0, 0.05) is 4.88 Å². The topological polar surface area (TPSA) is 46.0 Å². The first-order valence-corrected chi connectivity index (χ1v) is 4.80. The molecule has 0 aliphatic heterocycles. The Bertz CT molecular complexity index is 478. The van der Waals surface area contributed by atoms with Gasteiger partial charge in [-0.15, -0.1) is 11.3 Å². The number of hydrogen-bond donors (Lipinski definition) is 1. The van der Waals surface area contributed by atoms with Gasteiger partial charge in [-0.3, -0.25) is 4.79 Å². The molecule has 0 atom stereocenters. The number of hydrogen-bond acceptors (Lipinski definition) is 3. The summed E-state index contributed by atoms with van der Waals surface area (Å²) >= 11 is 1.56. The molecule has 0 saturated heterocycles. The number of H-pyrrole nitrogens is 1. The smallest absolute Gasteiger partial charge is 0.288 e. The van der Waals surface area contributed by atoms with Gasteiger partial charge in [0.15, 0.2) is 0 Å². The fourth-order valence-electron chi connectivity index (χ4n) is 1.28. The molecule has 0 fully saturated rings. The van der Waals surface area contributed by atoms with E-state index in [2.05, 4.69) is 5.16 Å². The molecule has 68 valence electrons. The zero-order valence-electron chi connectivity index (χ0n) is 7.38. The summed E-state index contributed by atoms with van der Waals surface area (Å²) in [5.74, 6) is 0.649. The van der Waals surface area contributed by atoms with E-state index in [1.807, 2.05) is 18.4 Å². The molecule has 2 aromatic heterocycles. The average molecular weight is 195 g/mol. The van der Waals surface area contributed by atoms with Crippen molar-refractivity contribution in [1.29, 1.82) is 0 Å². The van der Waals surface area contributed by atoms with E-state index in [1.54, 1.807) is 18.3 Å². The Hall–Kier alpha value is -1.29. The number of rotatable bonds is 1. The molecule has 0 saturated carbocycles. The summed E-state index contributed by atoms with van der Waals surface area (Å²) in [6, 6.07) is 1.99. The Morgan fingerprint density at radius 3 is 2.69 bits per heavy atom. The van der Waals surface area contributed by atoms with Crippen LogP contribution in [0.1, 0.15) is 11.3 Å². The molecule has 2 rings (SSSR count). The van der Waals surface area contributed by atoms with Gasteiger partial charge in [0.25, 0.3) is 5.56 Å². The lowest BCUT2D eigenvalue weighted by atomic mass is 10.1. The fraction of sp³-hybridized carbons (Fsp3) is 0.222. The quantitative estimate of drug-likeness (QED) is 0.759. The van der Waals surface area contributed by atoms with E-state index in [0.29, 0.717) is 11.3 Å². The Balaban J connectivity index is 2.71. The van der Waals surface area contributed by atoms with Crippen molar-refractivity contribution in [2.45, 2.75) is 13.8 Å². The molecule has 1 N–H and O–H groups in total. The van der Waals surface area contributed by atoms with E-state index in [4.69, 9.17) is 4.52 Å². The largest absolute Gasteiger partial charge is 0.383 e. The first-order chi connectivity index (χ1) is 6.20. The molecule has 4 heteroatoms. The molecule has 13 heavy (non-hydrogen) atoms. The van der Waals surface area contributed by atoms with Crippen molar-refractivity contribution in [3.8, 4) is 10.4 Å². The Morgan fingerprint density at radius 2 is 2.23 bits per heavy atom. The number of aromatic nitrogens is 1. The summed E-state index contributed by atoms with van der Waals surface area (Å²) in [5, 5.41) is 4.30. The van der Waals surface area contributed by atoms with Gasteiger partial charge in [-0.25, -0.2) is 0 Å². The van der Waals surface area contributed by atoms with Gasteiger partial charge in [0.2, 0.25) is 0 Å². The van der Waals surface area contributed by atoms with E-state index in [9.17, 15) is 4.79 Å². The van der Waals surface area contributed by atoms with Gasteiger partial charge >= 0.3 is 0 Å². The van der Waals surface area contributed by atoms with Crippen LogP contribution in [0.25, 0.3) is 10.4 Å². The number of aromatic amines is 1. The fourth-order valence-corrected chi connectivity index (χ4v) is 2.29. The molecule has 0 aliphatic carbocycles. The molecular weight excluding hydrogens is 186 g/mol. The second kappa shape index (κ2) is 2.88. The molecule has 0 aliphatic rings. The van der Waals surface area contributed by atoms with E-state index >= 15 is 0 Å². The molecule has 0 bridgehead atoms. The highest BCUT2D eigenvalue weighted by Gasteiger charge is 2.13. The zero-order chi connectivity index (χ0) is 9.42. The van der Waals surface area contributed by atoms with Gasteiger partial charge in [-0.05, 0) is 30.9 Å². The lowest BCUT2D eigenvalue weighted by Gasteiger charge is -1.92. The van der Waals surface area contributed by atoms with Crippen LogP contribution in [0.4, 0.5) is 0 Å². The van der Waals surface area contributed by atoms with Crippen molar-refractivity contribution < 1.29 is 4.52 Å². The predicted octanol–water partition coefficient (Wildman–Crippen LogP) is 2.31. The van der Waals surface area contributed by atoms with E-state index in [1.165, 1.54) is 0 Å². The van der Waals surface area contributed by atoms with Crippen LogP contribution < -0.4 is 5.56 Å². The van der Waals surface area contributed by atoms with Gasteiger partial charge in [-0.2, -0.15) is 5.16 Å². The molecular formula is C9H9NO2S. The maximum absolute atomic E-state index is 11.3. The first-order valence-electron chi connectivity index (χ1n) is 3.92. The predicted molar refractivity (Wildman–Crippen MR) is 52.1 cm³/mol. The second-order valence-corrected chi connectivity index (χ2v) is 3.81. The van der Waals surface area contributed by atoms with Crippen LogP contribution in [0, 0.1) is 13.8 Å². The third-order valence-electron chi connectivity index (χ3n) is 1.97. The standard InChI is InChI=1S/C9H9NO2S/c1-5-3-4-13-8(5)7-6(2)12-10-9(7)11/h3-4H,1-2H3,(H,10,11). The minimum atomic E-state index is -0.150. The molecule has 0 radical (unpaired) electrons. The molecule has 2 heterocycles. The lowest BCUT2D eigenvalue weighted by Crippen LogP contribution is -2.00. The van der Waals surface area contributed by atoms with Gasteiger partial charge in [0.05, 0.1) is 0 Å². The Morgan fingerprint density at radius 1 is 1.46 bits per heavy atom. The molecule has 2 aromatic rings. The van der Waals surface area contributed by atoms with E-state index < -0.39 is 0 Å². The Labute approximate surface area is 79.0 Å².